The second kappa shape index (κ2) is 7.68. The third-order valence-electron chi connectivity index (χ3n) is 5.03. The van der Waals surface area contributed by atoms with Gasteiger partial charge < -0.3 is 15.0 Å². The van der Waals surface area contributed by atoms with E-state index in [-0.39, 0.29) is 30.2 Å². The summed E-state index contributed by atoms with van der Waals surface area (Å²) in [6, 6.07) is 7.00. The van der Waals surface area contributed by atoms with Gasteiger partial charge in [0.2, 0.25) is 11.8 Å². The minimum absolute atomic E-state index is 0.0353. The number of hydrogen-bond acceptors (Lipinski definition) is 4. The van der Waals surface area contributed by atoms with Crippen LogP contribution in [-0.4, -0.2) is 37.5 Å². The fourth-order valence-corrected chi connectivity index (χ4v) is 3.62. The van der Waals surface area contributed by atoms with Crippen molar-refractivity contribution in [2.24, 2.45) is 5.92 Å². The van der Waals surface area contributed by atoms with Crippen LogP contribution in [-0.2, 0) is 14.3 Å². The number of esters is 1. The number of methoxy groups -OCH3 is 1. The molecule has 1 saturated carbocycles. The van der Waals surface area contributed by atoms with E-state index < -0.39 is 5.97 Å². The predicted octanol–water partition coefficient (Wildman–Crippen LogP) is 2.28. The zero-order chi connectivity index (χ0) is 17.8. The maximum absolute atomic E-state index is 12.5. The Balaban J connectivity index is 1.66. The van der Waals surface area contributed by atoms with Crippen LogP contribution >= 0.6 is 0 Å². The Bertz CT molecular complexity index is 667. The molecule has 1 saturated heterocycles. The molecule has 1 heterocycles. The van der Waals surface area contributed by atoms with E-state index in [0.29, 0.717) is 17.8 Å². The molecule has 1 N–H and O–H groups in total. The van der Waals surface area contributed by atoms with Gasteiger partial charge in [0, 0.05) is 24.7 Å². The highest BCUT2D eigenvalue weighted by Crippen LogP contribution is 2.27. The van der Waals surface area contributed by atoms with Gasteiger partial charge in [-0.15, -0.1) is 0 Å². The normalized spacial score (nSPS) is 21.2. The van der Waals surface area contributed by atoms with E-state index in [9.17, 15) is 14.4 Å². The average molecular weight is 344 g/mol. The topological polar surface area (TPSA) is 75.7 Å². The first-order chi connectivity index (χ1) is 12.1. The van der Waals surface area contributed by atoms with Crippen molar-refractivity contribution < 1.29 is 19.1 Å². The van der Waals surface area contributed by atoms with Gasteiger partial charge in [0.05, 0.1) is 18.6 Å². The van der Waals surface area contributed by atoms with Crippen LogP contribution in [0.5, 0.6) is 0 Å². The van der Waals surface area contributed by atoms with Crippen LogP contribution in [0.3, 0.4) is 0 Å². The van der Waals surface area contributed by atoms with Crippen LogP contribution < -0.4 is 10.2 Å². The standard InChI is InChI=1S/C19H24N2O4/c1-25-19(24)13-6-5-9-16(10-13)21-12-14(11-17(21)22)18(23)20-15-7-3-2-4-8-15/h5-6,9-10,14-15H,2-4,7-8,11-12H2,1H3,(H,20,23). The summed E-state index contributed by atoms with van der Waals surface area (Å²) in [7, 11) is 1.32. The molecule has 1 aliphatic heterocycles. The minimum Gasteiger partial charge on any atom is -0.465 e. The molecule has 6 nitrogen and oxygen atoms in total. The number of carbonyl (C=O) groups is 3. The van der Waals surface area contributed by atoms with Gasteiger partial charge in [-0.3, -0.25) is 9.59 Å². The lowest BCUT2D eigenvalue weighted by Crippen LogP contribution is -2.40. The Morgan fingerprint density at radius 2 is 1.96 bits per heavy atom. The van der Waals surface area contributed by atoms with Gasteiger partial charge in [-0.25, -0.2) is 4.79 Å². The molecule has 1 atom stereocenters. The van der Waals surface area contributed by atoms with Crippen molar-refractivity contribution >= 4 is 23.5 Å². The van der Waals surface area contributed by atoms with E-state index in [0.717, 1.165) is 25.7 Å². The largest absolute Gasteiger partial charge is 0.465 e. The van der Waals surface area contributed by atoms with Crippen LogP contribution in [0.1, 0.15) is 48.9 Å². The summed E-state index contributed by atoms with van der Waals surface area (Å²) in [4.78, 5) is 38.1. The lowest BCUT2D eigenvalue weighted by molar-refractivity contribution is -0.127. The maximum Gasteiger partial charge on any atom is 0.337 e. The molecule has 2 fully saturated rings. The molecule has 1 aromatic carbocycles. The summed E-state index contributed by atoms with van der Waals surface area (Å²) in [5.41, 5.74) is 1.02. The van der Waals surface area contributed by atoms with Gasteiger partial charge in [-0.05, 0) is 31.0 Å². The predicted molar refractivity (Wildman–Crippen MR) is 93.3 cm³/mol. The van der Waals surface area contributed by atoms with E-state index >= 15 is 0 Å². The molecule has 0 spiro atoms. The first-order valence-electron chi connectivity index (χ1n) is 8.87. The molecular formula is C19H24N2O4. The molecular weight excluding hydrogens is 320 g/mol. The number of nitrogens with one attached hydrogen (secondary N) is 1. The fourth-order valence-electron chi connectivity index (χ4n) is 3.62. The van der Waals surface area contributed by atoms with Crippen molar-refractivity contribution in [3.63, 3.8) is 0 Å². The lowest BCUT2D eigenvalue weighted by atomic mass is 9.95. The molecule has 2 amide bonds. The number of benzene rings is 1. The van der Waals surface area contributed by atoms with Crippen molar-refractivity contribution in [3.8, 4) is 0 Å². The highest BCUT2D eigenvalue weighted by Gasteiger charge is 2.36. The third kappa shape index (κ3) is 4.00. The van der Waals surface area contributed by atoms with E-state index in [1.54, 1.807) is 29.2 Å². The highest BCUT2D eigenvalue weighted by molar-refractivity contribution is 6.01. The van der Waals surface area contributed by atoms with Gasteiger partial charge in [0.25, 0.3) is 0 Å². The molecule has 0 radical (unpaired) electrons. The van der Waals surface area contributed by atoms with Gasteiger partial charge >= 0.3 is 5.97 Å². The van der Waals surface area contributed by atoms with Gasteiger partial charge in [0.15, 0.2) is 0 Å². The first-order valence-corrected chi connectivity index (χ1v) is 8.87. The number of anilines is 1. The molecule has 134 valence electrons. The molecule has 1 aromatic rings. The maximum atomic E-state index is 12.5. The van der Waals surface area contributed by atoms with Gasteiger partial charge in [-0.2, -0.15) is 0 Å². The van der Waals surface area contributed by atoms with Crippen LogP contribution in [0.2, 0.25) is 0 Å². The Kier molecular flexibility index (Phi) is 5.36. The summed E-state index contributed by atoms with van der Waals surface area (Å²) in [5.74, 6) is -0.908. The number of amides is 2. The third-order valence-corrected chi connectivity index (χ3v) is 5.03. The summed E-state index contributed by atoms with van der Waals surface area (Å²) in [6.07, 6.45) is 5.80. The van der Waals surface area contributed by atoms with Gasteiger partial charge in [0.1, 0.15) is 0 Å². The Labute approximate surface area is 147 Å². The van der Waals surface area contributed by atoms with Crippen molar-refractivity contribution in [2.45, 2.75) is 44.6 Å². The molecule has 3 rings (SSSR count). The van der Waals surface area contributed by atoms with E-state index in [2.05, 4.69) is 5.32 Å². The molecule has 1 aliphatic carbocycles. The lowest BCUT2D eigenvalue weighted by Gasteiger charge is -2.24. The molecule has 1 unspecified atom stereocenters. The Hall–Kier alpha value is -2.37. The molecule has 2 aliphatic rings. The van der Waals surface area contributed by atoms with E-state index in [4.69, 9.17) is 4.74 Å². The number of hydrogen-bond donors (Lipinski definition) is 1. The zero-order valence-electron chi connectivity index (χ0n) is 14.5. The van der Waals surface area contributed by atoms with Crippen molar-refractivity contribution in [2.75, 3.05) is 18.6 Å². The van der Waals surface area contributed by atoms with Gasteiger partial charge in [-0.1, -0.05) is 25.3 Å². The second-order valence-corrected chi connectivity index (χ2v) is 6.79. The molecule has 0 aromatic heterocycles. The number of nitrogens with zero attached hydrogens (tertiary/aromatic N) is 1. The zero-order valence-corrected chi connectivity index (χ0v) is 14.5. The summed E-state index contributed by atoms with van der Waals surface area (Å²) >= 11 is 0. The smallest absolute Gasteiger partial charge is 0.337 e. The van der Waals surface area contributed by atoms with Crippen LogP contribution in [0.15, 0.2) is 24.3 Å². The Morgan fingerprint density at radius 3 is 2.68 bits per heavy atom. The summed E-state index contributed by atoms with van der Waals surface area (Å²) in [5, 5.41) is 3.10. The number of carbonyl (C=O) groups excluding carboxylic acids is 3. The average Bonchev–Trinajstić information content (AvgIpc) is 3.04. The summed E-state index contributed by atoms with van der Waals surface area (Å²) in [6.45, 7) is 0.349. The van der Waals surface area contributed by atoms with Crippen LogP contribution in [0, 0.1) is 5.92 Å². The second-order valence-electron chi connectivity index (χ2n) is 6.79. The van der Waals surface area contributed by atoms with Crippen molar-refractivity contribution in [1.82, 2.24) is 5.32 Å². The number of rotatable bonds is 4. The minimum atomic E-state index is -0.444. The van der Waals surface area contributed by atoms with Crippen LogP contribution in [0.4, 0.5) is 5.69 Å². The summed E-state index contributed by atoms with van der Waals surface area (Å²) < 4.78 is 4.72. The quantitative estimate of drug-likeness (QED) is 0.850. The molecule has 0 bridgehead atoms. The Morgan fingerprint density at radius 1 is 1.20 bits per heavy atom. The van der Waals surface area contributed by atoms with Crippen molar-refractivity contribution in [1.29, 1.82) is 0 Å². The SMILES string of the molecule is COC(=O)c1cccc(N2CC(C(=O)NC3CCCCC3)CC2=O)c1. The monoisotopic (exact) mass is 344 g/mol. The molecule has 6 heteroatoms. The van der Waals surface area contributed by atoms with E-state index in [1.165, 1.54) is 13.5 Å². The highest BCUT2D eigenvalue weighted by atomic mass is 16.5. The fraction of sp³-hybridized carbons (Fsp3) is 0.526. The van der Waals surface area contributed by atoms with Crippen molar-refractivity contribution in [3.05, 3.63) is 29.8 Å². The first kappa shape index (κ1) is 17.5. The van der Waals surface area contributed by atoms with E-state index in [1.807, 2.05) is 0 Å². The number of ether oxygens (including phenoxy) is 1. The molecule has 25 heavy (non-hydrogen) atoms. The van der Waals surface area contributed by atoms with Crippen LogP contribution in [0.25, 0.3) is 0 Å².